The summed E-state index contributed by atoms with van der Waals surface area (Å²) < 4.78 is 2.90. The van der Waals surface area contributed by atoms with Crippen LogP contribution in [0.1, 0.15) is 0 Å². The summed E-state index contributed by atoms with van der Waals surface area (Å²) in [6.45, 7) is 2.47. The first kappa shape index (κ1) is 14.5. The molecule has 0 fully saturated rings. The van der Waals surface area contributed by atoms with Crippen LogP contribution in [0.25, 0.3) is 21.2 Å². The van der Waals surface area contributed by atoms with Gasteiger partial charge in [0.05, 0.1) is 0 Å². The van der Waals surface area contributed by atoms with E-state index in [-0.39, 0.29) is 0 Å². The van der Waals surface area contributed by atoms with E-state index in [0.29, 0.717) is 0 Å². The molecule has 0 spiro atoms. The van der Waals surface area contributed by atoms with Crippen molar-refractivity contribution in [2.45, 2.75) is 6.55 Å². The van der Waals surface area contributed by atoms with Crippen molar-refractivity contribution in [3.8, 4) is 11.1 Å². The molecule has 0 aliphatic carbocycles. The lowest BCUT2D eigenvalue weighted by Gasteiger charge is -2.24. The molecule has 3 aromatic carbocycles. The molecule has 0 amide bonds. The molecule has 1 aromatic heterocycles. The molecule has 5 rings (SSSR count). The van der Waals surface area contributed by atoms with Crippen LogP contribution in [0.15, 0.2) is 72.8 Å². The molecule has 0 bridgehead atoms. The zero-order chi connectivity index (χ0) is 16.3. The molecule has 0 saturated heterocycles. The predicted octanol–water partition coefficient (Wildman–Crippen LogP) is 4.64. The minimum atomic E-state index is -1.98. The molecule has 1 aliphatic rings. The Morgan fingerprint density at radius 3 is 2.38 bits per heavy atom. The smallest absolute Gasteiger partial charge is 0.143 e. The number of benzene rings is 3. The number of halogens is 1. The maximum Gasteiger partial charge on any atom is 0.159 e. The molecule has 3 heteroatoms. The van der Waals surface area contributed by atoms with Crippen molar-refractivity contribution in [3.63, 3.8) is 0 Å². The number of rotatable bonds is 1. The van der Waals surface area contributed by atoms with Crippen LogP contribution >= 0.6 is 22.9 Å². The molecule has 0 N–H and O–H groups in total. The SMILES string of the molecule is C[Si]1(c2ccccc2)c2cccc(Cl)c2-c2c1sc1ccccc21. The fourth-order valence-electron chi connectivity index (χ4n) is 4.02. The van der Waals surface area contributed by atoms with Crippen molar-refractivity contribution < 1.29 is 0 Å². The first-order valence-electron chi connectivity index (χ1n) is 8.08. The largest absolute Gasteiger partial charge is 0.159 e. The molecule has 0 radical (unpaired) electrons. The van der Waals surface area contributed by atoms with E-state index in [2.05, 4.69) is 73.3 Å². The highest BCUT2D eigenvalue weighted by Gasteiger charge is 2.46. The van der Waals surface area contributed by atoms with Crippen LogP contribution in [0.4, 0.5) is 0 Å². The van der Waals surface area contributed by atoms with Gasteiger partial charge in [-0.05, 0) is 22.5 Å². The molecular formula is C21H15ClSSi. The lowest BCUT2D eigenvalue weighted by molar-refractivity contribution is 1.72. The fourth-order valence-corrected chi connectivity index (χ4v) is 10.8. The van der Waals surface area contributed by atoms with Crippen molar-refractivity contribution >= 4 is 56.0 Å². The van der Waals surface area contributed by atoms with Gasteiger partial charge < -0.3 is 0 Å². The van der Waals surface area contributed by atoms with Crippen LogP contribution in [-0.2, 0) is 0 Å². The van der Waals surface area contributed by atoms with Gasteiger partial charge >= 0.3 is 0 Å². The van der Waals surface area contributed by atoms with Gasteiger partial charge in [-0.2, -0.15) is 0 Å². The minimum absolute atomic E-state index is 0.879. The Bertz CT molecular complexity index is 1080. The monoisotopic (exact) mass is 362 g/mol. The summed E-state index contributed by atoms with van der Waals surface area (Å²) in [6, 6.07) is 26.1. The van der Waals surface area contributed by atoms with Crippen LogP contribution in [0.2, 0.25) is 11.6 Å². The van der Waals surface area contributed by atoms with Gasteiger partial charge in [0.1, 0.15) is 0 Å². The molecule has 24 heavy (non-hydrogen) atoms. The van der Waals surface area contributed by atoms with Gasteiger partial charge in [0, 0.05) is 30.7 Å². The van der Waals surface area contributed by atoms with Crippen LogP contribution in [0.5, 0.6) is 0 Å². The molecule has 2 heterocycles. The summed E-state index contributed by atoms with van der Waals surface area (Å²) in [5.41, 5.74) is 2.65. The van der Waals surface area contributed by atoms with Crippen molar-refractivity contribution in [2.24, 2.45) is 0 Å². The highest BCUT2D eigenvalue weighted by molar-refractivity contribution is 7.38. The van der Waals surface area contributed by atoms with E-state index in [1.54, 1.807) is 0 Å². The van der Waals surface area contributed by atoms with Crippen molar-refractivity contribution in [1.82, 2.24) is 0 Å². The topological polar surface area (TPSA) is 0 Å². The lowest BCUT2D eigenvalue weighted by Crippen LogP contribution is -2.61. The van der Waals surface area contributed by atoms with Gasteiger partial charge in [0.25, 0.3) is 0 Å². The van der Waals surface area contributed by atoms with Crippen molar-refractivity contribution in [1.29, 1.82) is 0 Å². The summed E-state index contributed by atoms with van der Waals surface area (Å²) in [5, 5.41) is 5.13. The zero-order valence-corrected chi connectivity index (χ0v) is 15.8. The van der Waals surface area contributed by atoms with E-state index < -0.39 is 8.07 Å². The second-order valence-electron chi connectivity index (χ2n) is 6.46. The third kappa shape index (κ3) is 1.74. The number of hydrogen-bond donors (Lipinski definition) is 0. The Hall–Kier alpha value is -1.87. The molecular weight excluding hydrogens is 348 g/mol. The first-order chi connectivity index (χ1) is 11.7. The molecule has 0 saturated carbocycles. The van der Waals surface area contributed by atoms with Gasteiger partial charge in [-0.25, -0.2) is 0 Å². The number of hydrogen-bond acceptors (Lipinski definition) is 1. The highest BCUT2D eigenvalue weighted by Crippen LogP contribution is 2.41. The summed E-state index contributed by atoms with van der Waals surface area (Å²) in [5.74, 6) is 0. The predicted molar refractivity (Wildman–Crippen MR) is 109 cm³/mol. The molecule has 0 nitrogen and oxygen atoms in total. The second kappa shape index (κ2) is 5.06. The lowest BCUT2D eigenvalue weighted by atomic mass is 10.1. The van der Waals surface area contributed by atoms with Gasteiger partial charge in [0.15, 0.2) is 8.07 Å². The molecule has 116 valence electrons. The summed E-state index contributed by atoms with van der Waals surface area (Å²) in [6.07, 6.45) is 0. The standard InChI is InChI=1S/C21H15ClSSi/c1-24(14-8-3-2-4-9-14)18-13-7-11-16(22)20(18)19-15-10-5-6-12-17(15)23-21(19)24/h2-13H,1H3. The number of thiophene rings is 1. The van der Waals surface area contributed by atoms with Crippen LogP contribution in [-0.4, -0.2) is 8.07 Å². The van der Waals surface area contributed by atoms with Gasteiger partial charge in [-0.3, -0.25) is 0 Å². The summed E-state index contributed by atoms with van der Waals surface area (Å²) in [4.78, 5) is 0. The van der Waals surface area contributed by atoms with E-state index in [0.717, 1.165) is 5.02 Å². The van der Waals surface area contributed by atoms with Crippen LogP contribution in [0, 0.1) is 0 Å². The summed E-state index contributed by atoms with van der Waals surface area (Å²) in [7, 11) is -1.98. The first-order valence-corrected chi connectivity index (χ1v) is 11.8. The van der Waals surface area contributed by atoms with E-state index >= 15 is 0 Å². The molecule has 1 atom stereocenters. The average Bonchev–Trinajstić information content (AvgIpc) is 3.12. The summed E-state index contributed by atoms with van der Waals surface area (Å²) >= 11 is 8.65. The fraction of sp³-hybridized carbons (Fsp3) is 0.0476. The van der Waals surface area contributed by atoms with Crippen molar-refractivity contribution in [2.75, 3.05) is 0 Å². The second-order valence-corrected chi connectivity index (χ2v) is 12.1. The molecule has 1 unspecified atom stereocenters. The Kier molecular flexibility index (Phi) is 3.05. The van der Waals surface area contributed by atoms with E-state index in [4.69, 9.17) is 11.6 Å². The van der Waals surface area contributed by atoms with Gasteiger partial charge in [-0.1, -0.05) is 78.8 Å². The van der Waals surface area contributed by atoms with Gasteiger partial charge in [0.2, 0.25) is 0 Å². The Morgan fingerprint density at radius 2 is 1.54 bits per heavy atom. The maximum absolute atomic E-state index is 6.70. The third-order valence-corrected chi connectivity index (χ3v) is 12.2. The number of fused-ring (bicyclic) bond motifs is 5. The normalized spacial score (nSPS) is 18.6. The van der Waals surface area contributed by atoms with Crippen molar-refractivity contribution in [3.05, 3.63) is 77.8 Å². The average molecular weight is 363 g/mol. The zero-order valence-electron chi connectivity index (χ0n) is 13.2. The Morgan fingerprint density at radius 1 is 0.792 bits per heavy atom. The third-order valence-electron chi connectivity index (χ3n) is 5.20. The molecule has 4 aromatic rings. The maximum atomic E-state index is 6.70. The highest BCUT2D eigenvalue weighted by atomic mass is 35.5. The van der Waals surface area contributed by atoms with E-state index in [1.165, 1.54) is 36.1 Å². The van der Waals surface area contributed by atoms with E-state index in [9.17, 15) is 0 Å². The minimum Gasteiger partial charge on any atom is -0.143 e. The van der Waals surface area contributed by atoms with Crippen LogP contribution in [0.3, 0.4) is 0 Å². The Labute approximate surface area is 151 Å². The molecule has 1 aliphatic heterocycles. The van der Waals surface area contributed by atoms with Gasteiger partial charge in [-0.15, -0.1) is 11.3 Å². The van der Waals surface area contributed by atoms with E-state index in [1.807, 2.05) is 17.4 Å². The Balaban J connectivity index is 1.97. The quantitative estimate of drug-likeness (QED) is 0.433. The van der Waals surface area contributed by atoms with Crippen LogP contribution < -0.4 is 14.9 Å².